The lowest BCUT2D eigenvalue weighted by Gasteiger charge is -2.30. The molecule has 0 aromatic heterocycles. The number of likely N-dealkylation sites (tertiary alicyclic amines) is 1. The molecular formula is C18H20ClN3O3. The van der Waals surface area contributed by atoms with E-state index in [1.807, 2.05) is 20.8 Å². The second-order valence-electron chi connectivity index (χ2n) is 7.19. The molecule has 0 radical (unpaired) electrons. The number of imide groups is 1. The highest BCUT2D eigenvalue weighted by Crippen LogP contribution is 2.53. The summed E-state index contributed by atoms with van der Waals surface area (Å²) in [6.07, 6.45) is 0.681. The maximum absolute atomic E-state index is 13.2. The van der Waals surface area contributed by atoms with Gasteiger partial charge in [0.2, 0.25) is 17.7 Å². The summed E-state index contributed by atoms with van der Waals surface area (Å²) in [7, 11) is 0. The van der Waals surface area contributed by atoms with Gasteiger partial charge in [-0.15, -0.1) is 0 Å². The minimum atomic E-state index is -1.24. The Morgan fingerprint density at radius 2 is 2.00 bits per heavy atom. The highest BCUT2D eigenvalue weighted by molar-refractivity contribution is 6.31. The van der Waals surface area contributed by atoms with E-state index in [4.69, 9.17) is 11.6 Å². The van der Waals surface area contributed by atoms with Gasteiger partial charge in [0.25, 0.3) is 0 Å². The molecule has 7 heteroatoms. The quantitative estimate of drug-likeness (QED) is 0.788. The molecule has 5 atom stereocenters. The average Bonchev–Trinajstić information content (AvgIpc) is 3.12. The third-order valence-electron chi connectivity index (χ3n) is 5.89. The zero-order chi connectivity index (χ0) is 18.1. The van der Waals surface area contributed by atoms with Gasteiger partial charge in [0.1, 0.15) is 5.54 Å². The fraction of sp³-hybridized carbons (Fsp3) is 0.500. The minimum Gasteiger partial charge on any atom is -0.324 e. The Morgan fingerprint density at radius 1 is 1.28 bits per heavy atom. The number of nitrogens with one attached hydrogen (secondary N) is 2. The Balaban J connectivity index is 1.89. The van der Waals surface area contributed by atoms with E-state index < -0.39 is 17.4 Å². The molecule has 0 bridgehead atoms. The van der Waals surface area contributed by atoms with Crippen molar-refractivity contribution in [2.45, 2.75) is 44.8 Å². The first-order valence-corrected chi connectivity index (χ1v) is 8.96. The van der Waals surface area contributed by atoms with Gasteiger partial charge in [0.15, 0.2) is 0 Å². The van der Waals surface area contributed by atoms with Crippen LogP contribution in [0.15, 0.2) is 18.2 Å². The number of benzene rings is 1. The molecule has 3 amide bonds. The van der Waals surface area contributed by atoms with E-state index >= 15 is 0 Å². The van der Waals surface area contributed by atoms with E-state index in [9.17, 15) is 14.4 Å². The lowest BCUT2D eigenvalue weighted by atomic mass is 9.76. The number of anilines is 1. The Morgan fingerprint density at radius 3 is 2.68 bits per heavy atom. The van der Waals surface area contributed by atoms with Crippen molar-refractivity contribution in [3.05, 3.63) is 28.8 Å². The largest absolute Gasteiger partial charge is 0.324 e. The summed E-state index contributed by atoms with van der Waals surface area (Å²) in [4.78, 5) is 40.4. The number of halogens is 1. The molecular weight excluding hydrogens is 342 g/mol. The molecule has 0 unspecified atom stereocenters. The number of fused-ring (bicyclic) bond motifs is 4. The van der Waals surface area contributed by atoms with E-state index in [2.05, 4.69) is 10.6 Å². The fourth-order valence-corrected chi connectivity index (χ4v) is 4.75. The zero-order valence-electron chi connectivity index (χ0n) is 14.3. The normalized spacial score (nSPS) is 34.5. The highest BCUT2D eigenvalue weighted by Gasteiger charge is 2.69. The van der Waals surface area contributed by atoms with Gasteiger partial charge in [-0.05, 0) is 38.5 Å². The van der Waals surface area contributed by atoms with E-state index in [1.54, 1.807) is 18.2 Å². The van der Waals surface area contributed by atoms with Crippen LogP contribution in [-0.4, -0.2) is 34.7 Å². The van der Waals surface area contributed by atoms with Crippen LogP contribution in [0.2, 0.25) is 5.02 Å². The van der Waals surface area contributed by atoms with Crippen LogP contribution < -0.4 is 10.6 Å². The summed E-state index contributed by atoms with van der Waals surface area (Å²) < 4.78 is 0. The van der Waals surface area contributed by atoms with Crippen LogP contribution in [0.4, 0.5) is 5.69 Å². The lowest BCUT2D eigenvalue weighted by Crippen LogP contribution is -2.53. The first-order valence-electron chi connectivity index (χ1n) is 8.59. The van der Waals surface area contributed by atoms with Crippen LogP contribution in [-0.2, 0) is 19.9 Å². The van der Waals surface area contributed by atoms with E-state index in [0.29, 0.717) is 22.7 Å². The van der Waals surface area contributed by atoms with Crippen molar-refractivity contribution in [3.8, 4) is 0 Å². The summed E-state index contributed by atoms with van der Waals surface area (Å²) in [6.45, 7) is 5.66. The van der Waals surface area contributed by atoms with E-state index in [1.165, 1.54) is 4.90 Å². The molecule has 2 saturated heterocycles. The maximum atomic E-state index is 13.2. The van der Waals surface area contributed by atoms with E-state index in [-0.39, 0.29) is 29.8 Å². The summed E-state index contributed by atoms with van der Waals surface area (Å²) >= 11 is 6.15. The fourth-order valence-electron chi connectivity index (χ4n) is 4.58. The third-order valence-corrected chi connectivity index (χ3v) is 6.13. The van der Waals surface area contributed by atoms with Gasteiger partial charge in [-0.25, -0.2) is 0 Å². The molecule has 0 saturated carbocycles. The number of carbonyl (C=O) groups is 3. The highest BCUT2D eigenvalue weighted by atomic mass is 35.5. The molecule has 1 aromatic rings. The Labute approximate surface area is 150 Å². The predicted octanol–water partition coefficient (Wildman–Crippen LogP) is 1.88. The van der Waals surface area contributed by atoms with Gasteiger partial charge >= 0.3 is 0 Å². The number of nitrogens with zero attached hydrogens (tertiary/aromatic N) is 1. The molecule has 2 N–H and O–H groups in total. The molecule has 1 spiro atoms. The summed E-state index contributed by atoms with van der Waals surface area (Å²) in [5.74, 6) is -2.05. The zero-order valence-corrected chi connectivity index (χ0v) is 15.1. The summed E-state index contributed by atoms with van der Waals surface area (Å²) in [5, 5.41) is 6.59. The number of hydrogen-bond acceptors (Lipinski definition) is 4. The molecule has 132 valence electrons. The molecule has 1 aromatic carbocycles. The van der Waals surface area contributed by atoms with Crippen molar-refractivity contribution in [1.29, 1.82) is 0 Å². The minimum absolute atomic E-state index is 0.182. The lowest BCUT2D eigenvalue weighted by molar-refractivity contribution is -0.145. The van der Waals surface area contributed by atoms with Crippen molar-refractivity contribution in [2.75, 3.05) is 5.32 Å². The third kappa shape index (κ3) is 1.92. The van der Waals surface area contributed by atoms with Crippen LogP contribution in [0, 0.1) is 11.8 Å². The first-order chi connectivity index (χ1) is 11.8. The SMILES string of the molecule is CC[C@H](C)N1C(=O)[C@H]2[C@@H](C1=O)[C@]1(N[C@@H]2C)C(=O)Nc2ccc(Cl)cc21. The van der Waals surface area contributed by atoms with Crippen molar-refractivity contribution in [3.63, 3.8) is 0 Å². The number of amides is 3. The van der Waals surface area contributed by atoms with Crippen molar-refractivity contribution < 1.29 is 14.4 Å². The Hall–Kier alpha value is -1.92. The number of carbonyl (C=O) groups excluding carboxylic acids is 3. The van der Waals surface area contributed by atoms with Gasteiger partial charge in [0, 0.05) is 28.4 Å². The van der Waals surface area contributed by atoms with Gasteiger partial charge in [0.05, 0.1) is 11.8 Å². The van der Waals surface area contributed by atoms with Crippen molar-refractivity contribution in [2.24, 2.45) is 11.8 Å². The molecule has 0 aliphatic carbocycles. The molecule has 3 aliphatic heterocycles. The summed E-state index contributed by atoms with van der Waals surface area (Å²) in [6, 6.07) is 4.67. The molecule has 25 heavy (non-hydrogen) atoms. The topological polar surface area (TPSA) is 78.5 Å². The van der Waals surface area contributed by atoms with E-state index in [0.717, 1.165) is 0 Å². The smallest absolute Gasteiger partial charge is 0.250 e. The van der Waals surface area contributed by atoms with Crippen LogP contribution in [0.5, 0.6) is 0 Å². The van der Waals surface area contributed by atoms with Gasteiger partial charge in [-0.3, -0.25) is 24.6 Å². The Bertz CT molecular complexity index is 811. The van der Waals surface area contributed by atoms with Gasteiger partial charge in [-0.2, -0.15) is 0 Å². The van der Waals surface area contributed by atoms with Gasteiger partial charge < -0.3 is 5.32 Å². The number of rotatable bonds is 2. The average molecular weight is 362 g/mol. The van der Waals surface area contributed by atoms with Crippen LogP contribution in [0.1, 0.15) is 32.8 Å². The standard InChI is InChI=1S/C18H20ClN3O3/c1-4-8(2)22-15(23)13-9(3)21-18(14(13)16(22)24)11-7-10(19)5-6-12(11)20-17(18)25/h5-9,13-14,21H,4H2,1-3H3,(H,20,25)/t8-,9+,13+,14-,18-/m0/s1. The predicted molar refractivity (Wildman–Crippen MR) is 92.9 cm³/mol. The van der Waals surface area contributed by atoms with Crippen molar-refractivity contribution in [1.82, 2.24) is 10.2 Å². The molecule has 2 fully saturated rings. The van der Waals surface area contributed by atoms with Crippen LogP contribution in [0.3, 0.4) is 0 Å². The molecule has 6 nitrogen and oxygen atoms in total. The van der Waals surface area contributed by atoms with Crippen LogP contribution >= 0.6 is 11.6 Å². The number of hydrogen-bond donors (Lipinski definition) is 2. The molecule has 3 heterocycles. The first kappa shape index (κ1) is 16.5. The molecule has 4 rings (SSSR count). The summed E-state index contributed by atoms with van der Waals surface area (Å²) in [5.41, 5.74) is 0.0488. The Kier molecular flexibility index (Phi) is 3.50. The van der Waals surface area contributed by atoms with Crippen LogP contribution in [0.25, 0.3) is 0 Å². The van der Waals surface area contributed by atoms with Crippen molar-refractivity contribution >= 4 is 35.0 Å². The molecule has 3 aliphatic rings. The second kappa shape index (κ2) is 5.29. The monoisotopic (exact) mass is 361 g/mol. The van der Waals surface area contributed by atoms with Gasteiger partial charge in [-0.1, -0.05) is 18.5 Å². The second-order valence-corrected chi connectivity index (χ2v) is 7.63. The maximum Gasteiger partial charge on any atom is 0.250 e.